The predicted octanol–water partition coefficient (Wildman–Crippen LogP) is 2.93. The molecule has 2 aromatic rings. The summed E-state index contributed by atoms with van der Waals surface area (Å²) in [4.78, 5) is 23.2. The van der Waals surface area contributed by atoms with E-state index in [1.165, 1.54) is 5.56 Å². The maximum Gasteiger partial charge on any atom is 0.262 e. The van der Waals surface area contributed by atoms with E-state index in [2.05, 4.69) is 19.2 Å². The van der Waals surface area contributed by atoms with Gasteiger partial charge in [0, 0.05) is 5.69 Å². The number of benzene rings is 2. The number of ether oxygens (including phenoxy) is 1. The summed E-state index contributed by atoms with van der Waals surface area (Å²) in [6, 6.07) is 14.2. The first-order chi connectivity index (χ1) is 11.0. The van der Waals surface area contributed by atoms with Crippen LogP contribution in [-0.2, 0) is 4.79 Å². The number of nitrogens with one attached hydrogen (secondary N) is 1. The number of rotatable bonds is 6. The maximum atomic E-state index is 11.9. The van der Waals surface area contributed by atoms with E-state index in [1.54, 1.807) is 24.3 Å². The van der Waals surface area contributed by atoms with Crippen LogP contribution in [0.2, 0.25) is 0 Å². The molecule has 0 saturated carbocycles. The number of nitrogens with two attached hydrogens (primary N) is 1. The molecule has 0 unspecified atom stereocenters. The molecule has 0 spiro atoms. The van der Waals surface area contributed by atoms with Gasteiger partial charge in [0.25, 0.3) is 11.8 Å². The minimum absolute atomic E-state index is 0.198. The third kappa shape index (κ3) is 4.57. The smallest absolute Gasteiger partial charge is 0.262 e. The lowest BCUT2D eigenvalue weighted by atomic mass is 10.0. The van der Waals surface area contributed by atoms with Crippen LogP contribution in [0.3, 0.4) is 0 Å². The lowest BCUT2D eigenvalue weighted by Gasteiger charge is -2.11. The molecule has 0 bridgehead atoms. The molecular formula is C18H20N2O3. The van der Waals surface area contributed by atoms with Gasteiger partial charge in [-0.3, -0.25) is 9.59 Å². The Labute approximate surface area is 135 Å². The maximum absolute atomic E-state index is 11.9. The summed E-state index contributed by atoms with van der Waals surface area (Å²) in [5.74, 6) is -0.162. The quantitative estimate of drug-likeness (QED) is 0.860. The van der Waals surface area contributed by atoms with E-state index in [1.807, 2.05) is 24.3 Å². The molecule has 0 atom stereocenters. The van der Waals surface area contributed by atoms with Gasteiger partial charge >= 0.3 is 0 Å². The highest BCUT2D eigenvalue weighted by Gasteiger charge is 2.10. The molecule has 0 aliphatic rings. The van der Waals surface area contributed by atoms with Crippen LogP contribution in [0.25, 0.3) is 0 Å². The van der Waals surface area contributed by atoms with Crippen LogP contribution in [0.5, 0.6) is 5.75 Å². The minimum Gasteiger partial charge on any atom is -0.483 e. The van der Waals surface area contributed by atoms with Gasteiger partial charge in [-0.15, -0.1) is 0 Å². The molecule has 0 heterocycles. The SMILES string of the molecule is CC(C)c1ccc(NC(=O)COc2ccccc2C(N)=O)cc1. The van der Waals surface area contributed by atoms with E-state index in [4.69, 9.17) is 10.5 Å². The molecule has 2 amide bonds. The van der Waals surface area contributed by atoms with Gasteiger partial charge in [0.2, 0.25) is 0 Å². The summed E-state index contributed by atoms with van der Waals surface area (Å²) in [5.41, 5.74) is 7.42. The molecule has 3 N–H and O–H groups in total. The molecular weight excluding hydrogens is 292 g/mol. The predicted molar refractivity (Wildman–Crippen MR) is 89.6 cm³/mol. The molecule has 5 heteroatoms. The van der Waals surface area contributed by atoms with Crippen LogP contribution in [0.4, 0.5) is 5.69 Å². The van der Waals surface area contributed by atoms with Crippen LogP contribution in [0.15, 0.2) is 48.5 Å². The van der Waals surface area contributed by atoms with Crippen molar-refractivity contribution in [1.82, 2.24) is 0 Å². The van der Waals surface area contributed by atoms with Crippen molar-refractivity contribution in [3.05, 3.63) is 59.7 Å². The van der Waals surface area contributed by atoms with E-state index < -0.39 is 5.91 Å². The first kappa shape index (κ1) is 16.5. The monoisotopic (exact) mass is 312 g/mol. The molecule has 23 heavy (non-hydrogen) atoms. The highest BCUT2D eigenvalue weighted by Crippen LogP contribution is 2.18. The molecule has 0 aromatic heterocycles. The standard InChI is InChI=1S/C18H20N2O3/c1-12(2)13-7-9-14(10-8-13)20-17(21)11-23-16-6-4-3-5-15(16)18(19)22/h3-10,12H,11H2,1-2H3,(H2,19,22)(H,20,21). The van der Waals surface area contributed by atoms with Gasteiger partial charge in [0.15, 0.2) is 6.61 Å². The van der Waals surface area contributed by atoms with Crippen molar-refractivity contribution in [2.75, 3.05) is 11.9 Å². The molecule has 2 rings (SSSR count). The summed E-state index contributed by atoms with van der Waals surface area (Å²) in [5, 5.41) is 2.75. The third-order valence-corrected chi connectivity index (χ3v) is 3.37. The Hall–Kier alpha value is -2.82. The van der Waals surface area contributed by atoms with Crippen LogP contribution in [-0.4, -0.2) is 18.4 Å². The summed E-state index contributed by atoms with van der Waals surface area (Å²) in [7, 11) is 0. The van der Waals surface area contributed by atoms with Crippen LogP contribution < -0.4 is 15.8 Å². The van der Waals surface area contributed by atoms with Gasteiger partial charge in [-0.25, -0.2) is 0 Å². The first-order valence-electron chi connectivity index (χ1n) is 7.39. The summed E-state index contributed by atoms with van der Waals surface area (Å²) < 4.78 is 5.38. The van der Waals surface area contributed by atoms with Gasteiger partial charge < -0.3 is 15.8 Å². The van der Waals surface area contributed by atoms with Gasteiger partial charge in [0.1, 0.15) is 5.75 Å². The Balaban J connectivity index is 1.94. The van der Waals surface area contributed by atoms with Crippen molar-refractivity contribution in [2.24, 2.45) is 5.73 Å². The van der Waals surface area contributed by atoms with Crippen molar-refractivity contribution in [3.63, 3.8) is 0 Å². The van der Waals surface area contributed by atoms with Gasteiger partial charge in [-0.2, -0.15) is 0 Å². The van der Waals surface area contributed by atoms with Crippen LogP contribution in [0, 0.1) is 0 Å². The Kier molecular flexibility index (Phi) is 5.36. The average Bonchev–Trinajstić information content (AvgIpc) is 2.53. The summed E-state index contributed by atoms with van der Waals surface area (Å²) in [6.07, 6.45) is 0. The molecule has 120 valence electrons. The van der Waals surface area contributed by atoms with Crippen molar-refractivity contribution in [3.8, 4) is 5.75 Å². The topological polar surface area (TPSA) is 81.4 Å². The van der Waals surface area contributed by atoms with E-state index >= 15 is 0 Å². The molecule has 2 aromatic carbocycles. The zero-order valence-corrected chi connectivity index (χ0v) is 13.2. The van der Waals surface area contributed by atoms with E-state index in [-0.39, 0.29) is 18.1 Å². The largest absolute Gasteiger partial charge is 0.483 e. The number of para-hydroxylation sites is 1. The fourth-order valence-electron chi connectivity index (χ4n) is 2.09. The molecule has 5 nitrogen and oxygen atoms in total. The molecule has 0 aliphatic heterocycles. The highest BCUT2D eigenvalue weighted by atomic mass is 16.5. The average molecular weight is 312 g/mol. The lowest BCUT2D eigenvalue weighted by molar-refractivity contribution is -0.118. The number of anilines is 1. The Morgan fingerprint density at radius 3 is 2.35 bits per heavy atom. The van der Waals surface area contributed by atoms with Gasteiger partial charge in [-0.1, -0.05) is 38.1 Å². The Morgan fingerprint density at radius 1 is 1.09 bits per heavy atom. The third-order valence-electron chi connectivity index (χ3n) is 3.37. The number of carbonyl (C=O) groups is 2. The number of hydrogen-bond donors (Lipinski definition) is 2. The normalized spacial score (nSPS) is 10.4. The van der Waals surface area contributed by atoms with Crippen molar-refractivity contribution < 1.29 is 14.3 Å². The fraction of sp³-hybridized carbons (Fsp3) is 0.222. The zero-order valence-electron chi connectivity index (χ0n) is 13.2. The number of hydrogen-bond acceptors (Lipinski definition) is 3. The van der Waals surface area contributed by atoms with Crippen molar-refractivity contribution in [2.45, 2.75) is 19.8 Å². The summed E-state index contributed by atoms with van der Waals surface area (Å²) >= 11 is 0. The number of amides is 2. The summed E-state index contributed by atoms with van der Waals surface area (Å²) in [6.45, 7) is 4.02. The second kappa shape index (κ2) is 7.45. The molecule has 0 saturated heterocycles. The fourth-order valence-corrected chi connectivity index (χ4v) is 2.09. The van der Waals surface area contributed by atoms with E-state index in [0.717, 1.165) is 0 Å². The first-order valence-corrected chi connectivity index (χ1v) is 7.39. The molecule has 0 fully saturated rings. The molecule has 0 aliphatic carbocycles. The van der Waals surface area contributed by atoms with Gasteiger partial charge in [0.05, 0.1) is 5.56 Å². The van der Waals surface area contributed by atoms with E-state index in [0.29, 0.717) is 17.4 Å². The second-order valence-corrected chi connectivity index (χ2v) is 5.47. The number of carbonyl (C=O) groups excluding carboxylic acids is 2. The lowest BCUT2D eigenvalue weighted by Crippen LogP contribution is -2.21. The van der Waals surface area contributed by atoms with Gasteiger partial charge in [-0.05, 0) is 35.7 Å². The Bertz CT molecular complexity index is 694. The minimum atomic E-state index is -0.592. The number of primary amides is 1. The van der Waals surface area contributed by atoms with Crippen LogP contribution in [0.1, 0.15) is 35.7 Å². The second-order valence-electron chi connectivity index (χ2n) is 5.47. The van der Waals surface area contributed by atoms with E-state index in [9.17, 15) is 9.59 Å². The van der Waals surface area contributed by atoms with Crippen molar-refractivity contribution >= 4 is 17.5 Å². The highest BCUT2D eigenvalue weighted by molar-refractivity contribution is 5.96. The van der Waals surface area contributed by atoms with Crippen LogP contribution >= 0.6 is 0 Å². The zero-order chi connectivity index (χ0) is 16.8. The Morgan fingerprint density at radius 2 is 1.74 bits per heavy atom. The molecule has 0 radical (unpaired) electrons. The van der Waals surface area contributed by atoms with Crippen molar-refractivity contribution in [1.29, 1.82) is 0 Å².